The maximum Gasteiger partial charge on any atom is 0.223 e. The van der Waals surface area contributed by atoms with Crippen LogP contribution in [0.2, 0.25) is 0 Å². The second-order valence-electron chi connectivity index (χ2n) is 3.81. The number of carbonyl (C=O) groups excluding carboxylic acids is 1. The van der Waals surface area contributed by atoms with Gasteiger partial charge >= 0.3 is 0 Å². The molecule has 0 radical (unpaired) electrons. The Morgan fingerprint density at radius 1 is 1.40 bits per heavy atom. The lowest BCUT2D eigenvalue weighted by molar-refractivity contribution is -0.122. The molecule has 2 aliphatic carbocycles. The van der Waals surface area contributed by atoms with E-state index in [-0.39, 0.29) is 0 Å². The molecule has 0 spiro atoms. The van der Waals surface area contributed by atoms with Crippen molar-refractivity contribution in [3.63, 3.8) is 0 Å². The van der Waals surface area contributed by atoms with Gasteiger partial charge in [0, 0.05) is 12.0 Å². The fraction of sp³-hybridized carbons (Fsp3) is 0.875. The number of carbonyl (C=O) groups is 1. The van der Waals surface area contributed by atoms with Gasteiger partial charge in [0.1, 0.15) is 0 Å². The second kappa shape index (κ2) is 1.39. The predicted molar refractivity (Wildman–Crippen MR) is 36.3 cm³/mol. The SMILES string of the molecule is O=C1N[C@@H]2CCC[C@@H]3[C@H]1[C@H]32. The van der Waals surface area contributed by atoms with Gasteiger partial charge in [-0.1, -0.05) is 6.42 Å². The molecule has 10 heavy (non-hydrogen) atoms. The fourth-order valence-electron chi connectivity index (χ4n) is 2.90. The zero-order valence-corrected chi connectivity index (χ0v) is 5.84. The van der Waals surface area contributed by atoms with Gasteiger partial charge in [0.15, 0.2) is 0 Å². The highest BCUT2D eigenvalue weighted by molar-refractivity contribution is 5.86. The van der Waals surface area contributed by atoms with E-state index in [0.29, 0.717) is 17.9 Å². The molecule has 1 N–H and O–H groups in total. The molecule has 2 nitrogen and oxygen atoms in total. The van der Waals surface area contributed by atoms with Gasteiger partial charge in [0.2, 0.25) is 5.91 Å². The van der Waals surface area contributed by atoms with Crippen molar-refractivity contribution in [2.45, 2.75) is 25.3 Å². The highest BCUT2D eigenvalue weighted by Gasteiger charge is 2.63. The van der Waals surface area contributed by atoms with E-state index in [1.54, 1.807) is 0 Å². The Labute approximate surface area is 60.0 Å². The minimum Gasteiger partial charge on any atom is -0.353 e. The van der Waals surface area contributed by atoms with Crippen LogP contribution < -0.4 is 5.32 Å². The quantitative estimate of drug-likeness (QED) is 0.518. The van der Waals surface area contributed by atoms with Crippen LogP contribution in [-0.4, -0.2) is 11.9 Å². The molecular weight excluding hydrogens is 126 g/mol. The van der Waals surface area contributed by atoms with E-state index in [1.807, 2.05) is 0 Å². The summed E-state index contributed by atoms with van der Waals surface area (Å²) in [6.07, 6.45) is 3.89. The van der Waals surface area contributed by atoms with Crippen molar-refractivity contribution in [3.05, 3.63) is 0 Å². The predicted octanol–water partition coefficient (Wildman–Crippen LogP) is 0.531. The van der Waals surface area contributed by atoms with E-state index in [4.69, 9.17) is 0 Å². The first-order valence-corrected chi connectivity index (χ1v) is 4.18. The summed E-state index contributed by atoms with van der Waals surface area (Å²) in [5, 5.41) is 3.05. The Morgan fingerprint density at radius 2 is 2.30 bits per heavy atom. The Morgan fingerprint density at radius 3 is 3.00 bits per heavy atom. The van der Waals surface area contributed by atoms with Crippen LogP contribution in [0.3, 0.4) is 0 Å². The molecule has 0 aromatic carbocycles. The van der Waals surface area contributed by atoms with E-state index in [0.717, 1.165) is 11.8 Å². The zero-order valence-electron chi connectivity index (χ0n) is 5.84. The fourth-order valence-corrected chi connectivity index (χ4v) is 2.90. The van der Waals surface area contributed by atoms with Crippen molar-refractivity contribution in [3.8, 4) is 0 Å². The smallest absolute Gasteiger partial charge is 0.223 e. The molecular formula is C8H11NO. The first kappa shape index (κ1) is 5.16. The monoisotopic (exact) mass is 137 g/mol. The van der Waals surface area contributed by atoms with Crippen molar-refractivity contribution < 1.29 is 4.79 Å². The van der Waals surface area contributed by atoms with E-state index in [1.165, 1.54) is 19.3 Å². The summed E-state index contributed by atoms with van der Waals surface area (Å²) < 4.78 is 0. The molecule has 3 fully saturated rings. The Kier molecular flexibility index (Phi) is 0.715. The molecule has 2 heteroatoms. The third kappa shape index (κ3) is 0.414. The molecule has 1 heterocycles. The van der Waals surface area contributed by atoms with Crippen LogP contribution in [0.15, 0.2) is 0 Å². The second-order valence-corrected chi connectivity index (χ2v) is 3.81. The number of fused-ring (bicyclic) bond motifs is 1. The van der Waals surface area contributed by atoms with Gasteiger partial charge in [-0.3, -0.25) is 4.79 Å². The average Bonchev–Trinajstić information content (AvgIpc) is 2.51. The molecule has 0 aromatic rings. The van der Waals surface area contributed by atoms with Crippen LogP contribution in [-0.2, 0) is 4.79 Å². The van der Waals surface area contributed by atoms with E-state index < -0.39 is 0 Å². The molecule has 0 aromatic heterocycles. The van der Waals surface area contributed by atoms with Gasteiger partial charge in [-0.05, 0) is 24.7 Å². The number of nitrogens with one attached hydrogen (secondary N) is 1. The minimum absolute atomic E-state index is 0.347. The molecule has 1 saturated heterocycles. The molecule has 3 aliphatic rings. The third-order valence-corrected chi connectivity index (χ3v) is 3.38. The van der Waals surface area contributed by atoms with Crippen LogP contribution in [0, 0.1) is 17.8 Å². The Hall–Kier alpha value is -0.530. The normalized spacial score (nSPS) is 55.8. The van der Waals surface area contributed by atoms with Gasteiger partial charge in [-0.15, -0.1) is 0 Å². The molecule has 1 aliphatic heterocycles. The lowest BCUT2D eigenvalue weighted by atomic mass is 9.96. The van der Waals surface area contributed by atoms with Crippen molar-refractivity contribution in [2.24, 2.45) is 17.8 Å². The molecule has 1 amide bonds. The molecule has 3 rings (SSSR count). The third-order valence-electron chi connectivity index (χ3n) is 3.38. The number of hydrogen-bond donors (Lipinski definition) is 1. The van der Waals surface area contributed by atoms with Crippen LogP contribution in [0.5, 0.6) is 0 Å². The average molecular weight is 137 g/mol. The van der Waals surface area contributed by atoms with Gasteiger partial charge in [-0.2, -0.15) is 0 Å². The molecule has 0 unspecified atom stereocenters. The summed E-state index contributed by atoms with van der Waals surface area (Å²) >= 11 is 0. The van der Waals surface area contributed by atoms with Crippen LogP contribution in [0.25, 0.3) is 0 Å². The summed E-state index contributed by atoms with van der Waals surface area (Å²) in [5.41, 5.74) is 0. The highest BCUT2D eigenvalue weighted by atomic mass is 16.2. The maximum absolute atomic E-state index is 11.1. The van der Waals surface area contributed by atoms with E-state index in [2.05, 4.69) is 5.32 Å². The zero-order chi connectivity index (χ0) is 6.72. The largest absolute Gasteiger partial charge is 0.353 e. The maximum atomic E-state index is 11.1. The first-order chi connectivity index (χ1) is 4.88. The minimum atomic E-state index is 0.347. The van der Waals surface area contributed by atoms with E-state index in [9.17, 15) is 4.79 Å². The van der Waals surface area contributed by atoms with Gasteiger partial charge in [0.25, 0.3) is 0 Å². The highest BCUT2D eigenvalue weighted by Crippen LogP contribution is 2.58. The molecule has 4 atom stereocenters. The Bertz CT molecular complexity index is 201. The summed E-state index contributed by atoms with van der Waals surface area (Å²) in [7, 11) is 0. The van der Waals surface area contributed by atoms with Crippen molar-refractivity contribution in [1.82, 2.24) is 5.32 Å². The summed E-state index contributed by atoms with van der Waals surface area (Å²) in [6, 6.07) is 0.580. The Balaban J connectivity index is 1.95. The van der Waals surface area contributed by atoms with Gasteiger partial charge in [-0.25, -0.2) is 0 Å². The number of hydrogen-bond acceptors (Lipinski definition) is 1. The molecule has 54 valence electrons. The molecule has 0 bridgehead atoms. The van der Waals surface area contributed by atoms with Crippen molar-refractivity contribution in [1.29, 1.82) is 0 Å². The summed E-state index contributed by atoms with van der Waals surface area (Å²) in [5.74, 6) is 2.36. The number of rotatable bonds is 0. The van der Waals surface area contributed by atoms with Crippen molar-refractivity contribution in [2.75, 3.05) is 0 Å². The lowest BCUT2D eigenvalue weighted by Gasteiger charge is -2.20. The van der Waals surface area contributed by atoms with Crippen molar-refractivity contribution >= 4 is 5.91 Å². The number of piperidine rings is 1. The summed E-state index contributed by atoms with van der Waals surface area (Å²) in [6.45, 7) is 0. The topological polar surface area (TPSA) is 29.1 Å². The number of amides is 1. The van der Waals surface area contributed by atoms with Gasteiger partial charge in [0.05, 0.1) is 0 Å². The lowest BCUT2D eigenvalue weighted by Crippen LogP contribution is -2.34. The summed E-state index contributed by atoms with van der Waals surface area (Å²) in [4.78, 5) is 11.1. The van der Waals surface area contributed by atoms with Crippen LogP contribution >= 0.6 is 0 Å². The van der Waals surface area contributed by atoms with E-state index >= 15 is 0 Å². The molecule has 2 saturated carbocycles. The standard InChI is InChI=1S/C8H11NO/c10-8-7-4-2-1-3-5(9-8)6(4)7/h4-7H,1-3H2,(H,9,10)/t4-,5+,6+,7-/m0/s1. The van der Waals surface area contributed by atoms with Crippen LogP contribution in [0.1, 0.15) is 19.3 Å². The first-order valence-electron chi connectivity index (χ1n) is 4.18. The van der Waals surface area contributed by atoms with Gasteiger partial charge < -0.3 is 5.32 Å². The van der Waals surface area contributed by atoms with Crippen LogP contribution in [0.4, 0.5) is 0 Å².